The van der Waals surface area contributed by atoms with Crippen molar-refractivity contribution in [1.29, 1.82) is 5.26 Å². The molecule has 0 saturated heterocycles. The summed E-state index contributed by atoms with van der Waals surface area (Å²) in [6, 6.07) is 19.2. The molecule has 0 saturated carbocycles. The summed E-state index contributed by atoms with van der Waals surface area (Å²) in [5.41, 5.74) is 4.77. The fraction of sp³-hybridized carbons (Fsp3) is 0.333. The number of hydrogen-bond acceptors (Lipinski definition) is 3. The number of nitriles is 1. The number of thiocarbonyl (C=S) groups is 1. The van der Waals surface area contributed by atoms with Crippen LogP contribution in [0.2, 0.25) is 0 Å². The van der Waals surface area contributed by atoms with Gasteiger partial charge in [0.2, 0.25) is 0 Å². The zero-order chi connectivity index (χ0) is 18.4. The number of nitrogens with zero attached hydrogens (tertiary/aromatic N) is 2. The summed E-state index contributed by atoms with van der Waals surface area (Å²) >= 11 is 5.37. The molecule has 0 spiro atoms. The van der Waals surface area contributed by atoms with Crippen molar-refractivity contribution in [2.45, 2.75) is 32.2 Å². The van der Waals surface area contributed by atoms with Crippen molar-refractivity contribution >= 4 is 28.7 Å². The molecule has 1 atom stereocenters. The first kappa shape index (κ1) is 18.2. The molecule has 1 heterocycles. The molecule has 1 aliphatic heterocycles. The van der Waals surface area contributed by atoms with Crippen LogP contribution in [0, 0.1) is 11.3 Å². The van der Waals surface area contributed by atoms with Crippen molar-refractivity contribution in [1.82, 2.24) is 5.32 Å². The van der Waals surface area contributed by atoms with Crippen LogP contribution in [0.25, 0.3) is 0 Å². The van der Waals surface area contributed by atoms with Crippen LogP contribution in [0.5, 0.6) is 0 Å². The molecule has 2 aromatic carbocycles. The van der Waals surface area contributed by atoms with E-state index in [0.717, 1.165) is 37.2 Å². The fourth-order valence-corrected chi connectivity index (χ4v) is 3.61. The predicted octanol–water partition coefficient (Wildman–Crippen LogP) is 3.88. The zero-order valence-corrected chi connectivity index (χ0v) is 15.9. The van der Waals surface area contributed by atoms with E-state index in [9.17, 15) is 0 Å². The van der Waals surface area contributed by atoms with Gasteiger partial charge in [0.1, 0.15) is 0 Å². The molecule has 2 N–H and O–H groups in total. The van der Waals surface area contributed by atoms with Gasteiger partial charge in [-0.3, -0.25) is 0 Å². The summed E-state index contributed by atoms with van der Waals surface area (Å²) in [5, 5.41) is 15.8. The normalized spacial score (nSPS) is 15.2. The third-order valence-corrected chi connectivity index (χ3v) is 4.95. The largest absolute Gasteiger partial charge is 0.368 e. The van der Waals surface area contributed by atoms with Crippen molar-refractivity contribution in [2.24, 2.45) is 0 Å². The second-order valence-electron chi connectivity index (χ2n) is 6.64. The minimum absolute atomic E-state index is 0.432. The monoisotopic (exact) mass is 364 g/mol. The molecule has 134 valence electrons. The molecule has 26 heavy (non-hydrogen) atoms. The number of para-hydroxylation sites is 1. The highest BCUT2D eigenvalue weighted by Crippen LogP contribution is 2.31. The van der Waals surface area contributed by atoms with E-state index in [1.807, 2.05) is 24.3 Å². The van der Waals surface area contributed by atoms with Gasteiger partial charge < -0.3 is 15.5 Å². The van der Waals surface area contributed by atoms with Gasteiger partial charge in [-0.1, -0.05) is 30.3 Å². The Morgan fingerprint density at radius 3 is 2.77 bits per heavy atom. The van der Waals surface area contributed by atoms with Gasteiger partial charge in [0.05, 0.1) is 12.5 Å². The summed E-state index contributed by atoms with van der Waals surface area (Å²) in [5.74, 6) is 0. The first-order valence-electron chi connectivity index (χ1n) is 9.02. The van der Waals surface area contributed by atoms with Crippen molar-refractivity contribution < 1.29 is 0 Å². The maximum absolute atomic E-state index is 8.70. The number of anilines is 2. The van der Waals surface area contributed by atoms with E-state index >= 15 is 0 Å². The Hall–Kier alpha value is -2.58. The molecule has 0 bridgehead atoms. The average molecular weight is 365 g/mol. The second-order valence-corrected chi connectivity index (χ2v) is 7.05. The Bertz CT molecular complexity index is 794. The van der Waals surface area contributed by atoms with E-state index in [2.05, 4.69) is 52.8 Å². The highest BCUT2D eigenvalue weighted by molar-refractivity contribution is 7.80. The first-order valence-corrected chi connectivity index (χ1v) is 9.43. The molecule has 5 heteroatoms. The maximum Gasteiger partial charge on any atom is 0.170 e. The average Bonchev–Trinajstić information content (AvgIpc) is 2.96. The standard InChI is InChI=1S/C21H24N4S/c1-16-15-18-5-2-3-6-20(18)25(16)14-4-13-23-21(26)24-19-9-7-17(8-10-19)11-12-22/h2-3,5-10,16H,4,11,13-15H2,1H3,(H2,23,24,26)/t16-/m0/s1. The lowest BCUT2D eigenvalue weighted by Gasteiger charge is -2.25. The van der Waals surface area contributed by atoms with E-state index in [1.165, 1.54) is 11.3 Å². The lowest BCUT2D eigenvalue weighted by Crippen LogP contribution is -2.34. The van der Waals surface area contributed by atoms with Gasteiger partial charge in [0.15, 0.2) is 5.11 Å². The van der Waals surface area contributed by atoms with Crippen LogP contribution in [0.4, 0.5) is 11.4 Å². The maximum atomic E-state index is 8.70. The molecule has 1 aliphatic rings. The van der Waals surface area contributed by atoms with Crippen LogP contribution in [0.1, 0.15) is 24.5 Å². The Labute approximate surface area is 160 Å². The topological polar surface area (TPSA) is 51.1 Å². The number of fused-ring (bicyclic) bond motifs is 1. The summed E-state index contributed by atoms with van der Waals surface area (Å²) < 4.78 is 0. The molecule has 0 amide bonds. The van der Waals surface area contributed by atoms with E-state index in [4.69, 9.17) is 17.5 Å². The van der Waals surface area contributed by atoms with Crippen molar-refractivity contribution in [3.05, 3.63) is 59.7 Å². The molecule has 3 rings (SSSR count). The van der Waals surface area contributed by atoms with Gasteiger partial charge in [-0.2, -0.15) is 5.26 Å². The number of hydrogen-bond donors (Lipinski definition) is 2. The molecular formula is C21H24N4S. The highest BCUT2D eigenvalue weighted by Gasteiger charge is 2.24. The summed E-state index contributed by atoms with van der Waals surface area (Å²) in [7, 11) is 0. The van der Waals surface area contributed by atoms with Crippen molar-refractivity contribution in [3.8, 4) is 6.07 Å². The van der Waals surface area contributed by atoms with Crippen molar-refractivity contribution in [2.75, 3.05) is 23.3 Å². The number of nitrogens with one attached hydrogen (secondary N) is 2. The number of rotatable bonds is 6. The number of benzene rings is 2. The van der Waals surface area contributed by atoms with Crippen LogP contribution in [-0.4, -0.2) is 24.2 Å². The van der Waals surface area contributed by atoms with Gasteiger partial charge in [0.25, 0.3) is 0 Å². The quantitative estimate of drug-likeness (QED) is 0.602. The molecule has 4 nitrogen and oxygen atoms in total. The lowest BCUT2D eigenvalue weighted by molar-refractivity contribution is 0.641. The van der Waals surface area contributed by atoms with E-state index in [-0.39, 0.29) is 0 Å². The summed E-state index contributed by atoms with van der Waals surface area (Å²) in [6.45, 7) is 4.15. The van der Waals surface area contributed by atoms with Gasteiger partial charge in [-0.15, -0.1) is 0 Å². The highest BCUT2D eigenvalue weighted by atomic mass is 32.1. The van der Waals surface area contributed by atoms with E-state index < -0.39 is 0 Å². The van der Waals surface area contributed by atoms with Crippen LogP contribution in [0.15, 0.2) is 48.5 Å². The smallest absolute Gasteiger partial charge is 0.170 e. The molecule has 0 radical (unpaired) electrons. The van der Waals surface area contributed by atoms with Crippen LogP contribution < -0.4 is 15.5 Å². The van der Waals surface area contributed by atoms with Crippen LogP contribution >= 0.6 is 12.2 Å². The summed E-state index contributed by atoms with van der Waals surface area (Å²) in [4.78, 5) is 2.49. The minimum Gasteiger partial charge on any atom is -0.368 e. The Kier molecular flexibility index (Phi) is 6.08. The minimum atomic E-state index is 0.432. The van der Waals surface area contributed by atoms with Crippen molar-refractivity contribution in [3.63, 3.8) is 0 Å². The molecule has 2 aromatic rings. The Balaban J connectivity index is 1.41. The molecule has 0 aliphatic carbocycles. The predicted molar refractivity (Wildman–Crippen MR) is 112 cm³/mol. The molecule has 0 unspecified atom stereocenters. The van der Waals surface area contributed by atoms with Gasteiger partial charge in [-0.05, 0) is 61.3 Å². The van der Waals surface area contributed by atoms with Crippen LogP contribution in [-0.2, 0) is 12.8 Å². The van der Waals surface area contributed by atoms with E-state index in [0.29, 0.717) is 17.6 Å². The molecule has 0 aromatic heterocycles. The fourth-order valence-electron chi connectivity index (χ4n) is 3.39. The lowest BCUT2D eigenvalue weighted by atomic mass is 10.1. The van der Waals surface area contributed by atoms with E-state index in [1.54, 1.807) is 0 Å². The van der Waals surface area contributed by atoms with Crippen LogP contribution in [0.3, 0.4) is 0 Å². The third-order valence-electron chi connectivity index (χ3n) is 4.70. The van der Waals surface area contributed by atoms with Gasteiger partial charge in [-0.25, -0.2) is 0 Å². The SMILES string of the molecule is C[C@H]1Cc2ccccc2N1CCCNC(=S)Nc1ccc(CC#N)cc1. The Morgan fingerprint density at radius 2 is 2.00 bits per heavy atom. The third kappa shape index (κ3) is 4.53. The molecular weight excluding hydrogens is 340 g/mol. The Morgan fingerprint density at radius 1 is 1.23 bits per heavy atom. The summed E-state index contributed by atoms with van der Waals surface area (Å²) in [6.07, 6.45) is 2.59. The molecule has 0 fully saturated rings. The van der Waals surface area contributed by atoms with Gasteiger partial charge in [0, 0.05) is 30.5 Å². The second kappa shape index (κ2) is 8.68. The first-order chi connectivity index (χ1) is 12.7. The zero-order valence-electron chi connectivity index (χ0n) is 15.0. The van der Waals surface area contributed by atoms with Gasteiger partial charge >= 0.3 is 0 Å².